The second-order valence-corrected chi connectivity index (χ2v) is 5.39. The van der Waals surface area contributed by atoms with Crippen molar-refractivity contribution in [1.29, 1.82) is 0 Å². The molecule has 11 nitrogen and oxygen atoms in total. The number of ether oxygens (including phenoxy) is 3. The molecule has 9 atom stereocenters. The molecule has 0 aliphatic carbocycles. The Labute approximate surface area is 130 Å². The average molecular weight is 340 g/mol. The first-order valence-corrected chi connectivity index (χ1v) is 6.95. The molecule has 2 unspecified atom stereocenters. The number of cyclic esters (lactones) is 1. The van der Waals surface area contributed by atoms with Gasteiger partial charge >= 0.3 is 5.97 Å². The maximum atomic E-state index is 11.3. The van der Waals surface area contributed by atoms with Crippen LogP contribution < -0.4 is 0 Å². The van der Waals surface area contributed by atoms with Crippen LogP contribution in [0.1, 0.15) is 0 Å². The van der Waals surface area contributed by atoms with Gasteiger partial charge in [0.1, 0.15) is 36.6 Å². The first-order chi connectivity index (χ1) is 10.8. The quantitative estimate of drug-likeness (QED) is 0.242. The highest BCUT2D eigenvalue weighted by molar-refractivity contribution is 5.76. The number of hydrogen-bond acceptors (Lipinski definition) is 11. The molecule has 134 valence electrons. The van der Waals surface area contributed by atoms with Crippen molar-refractivity contribution in [3.05, 3.63) is 0 Å². The van der Waals surface area contributed by atoms with Gasteiger partial charge in [-0.05, 0) is 0 Å². The fraction of sp³-hybridized carbons (Fsp3) is 0.917. The summed E-state index contributed by atoms with van der Waals surface area (Å²) in [7, 11) is 0. The molecule has 2 saturated heterocycles. The molecule has 7 N–H and O–H groups in total. The largest absolute Gasteiger partial charge is 0.455 e. The molecular formula is C12H20O11. The van der Waals surface area contributed by atoms with Gasteiger partial charge in [0.2, 0.25) is 0 Å². The van der Waals surface area contributed by atoms with Crippen LogP contribution in [0, 0.1) is 0 Å². The van der Waals surface area contributed by atoms with Crippen LogP contribution in [-0.4, -0.2) is 110 Å². The SMILES string of the molecule is O=C1O[C@H](CO)C(OC2O[C@H](CO)[C@H](O)[C@H](O)[C@H]2O)[C@H](O)[C@H]1O. The topological polar surface area (TPSA) is 186 Å². The third-order valence-electron chi connectivity index (χ3n) is 3.86. The van der Waals surface area contributed by atoms with Crippen molar-refractivity contribution >= 4 is 5.97 Å². The third-order valence-corrected chi connectivity index (χ3v) is 3.86. The van der Waals surface area contributed by atoms with E-state index in [-0.39, 0.29) is 0 Å². The summed E-state index contributed by atoms with van der Waals surface area (Å²) < 4.78 is 15.0. The van der Waals surface area contributed by atoms with Gasteiger partial charge in [-0.15, -0.1) is 0 Å². The van der Waals surface area contributed by atoms with Crippen molar-refractivity contribution in [2.75, 3.05) is 13.2 Å². The van der Waals surface area contributed by atoms with Gasteiger partial charge in [0.15, 0.2) is 18.5 Å². The monoisotopic (exact) mass is 340 g/mol. The van der Waals surface area contributed by atoms with Crippen LogP contribution in [0.25, 0.3) is 0 Å². The van der Waals surface area contributed by atoms with E-state index in [0.717, 1.165) is 0 Å². The van der Waals surface area contributed by atoms with E-state index in [1.165, 1.54) is 0 Å². The van der Waals surface area contributed by atoms with Crippen molar-refractivity contribution in [1.82, 2.24) is 0 Å². The second-order valence-electron chi connectivity index (χ2n) is 5.39. The molecule has 0 aromatic carbocycles. The van der Waals surface area contributed by atoms with Gasteiger partial charge in [-0.3, -0.25) is 0 Å². The Morgan fingerprint density at radius 1 is 0.870 bits per heavy atom. The number of hydrogen-bond donors (Lipinski definition) is 7. The Hall–Kier alpha value is -0.890. The van der Waals surface area contributed by atoms with E-state index in [0.29, 0.717) is 0 Å². The van der Waals surface area contributed by atoms with Crippen LogP contribution in [0.4, 0.5) is 0 Å². The summed E-state index contributed by atoms with van der Waals surface area (Å²) in [5.74, 6) is -1.15. The van der Waals surface area contributed by atoms with Crippen molar-refractivity contribution in [2.45, 2.75) is 55.1 Å². The third kappa shape index (κ3) is 3.47. The molecule has 2 rings (SSSR count). The summed E-state index contributed by atoms with van der Waals surface area (Å²) in [6.45, 7) is -1.42. The Bertz CT molecular complexity index is 414. The van der Waals surface area contributed by atoms with Gasteiger partial charge in [-0.2, -0.15) is 0 Å². The standard InChI is InChI=1S/C12H20O11/c13-1-3-5(15)6(16)9(19)12(22-3)23-10-4(2-14)21-11(20)8(18)7(10)17/h3-10,12-19H,1-2H2/t3-,4-,5+,6+,7-,8-,9-,10?,12?/m1/s1. The van der Waals surface area contributed by atoms with Crippen molar-refractivity contribution in [3.63, 3.8) is 0 Å². The minimum absolute atomic E-state index is 0.681. The lowest BCUT2D eigenvalue weighted by atomic mass is 9.97. The van der Waals surface area contributed by atoms with Crippen LogP contribution >= 0.6 is 0 Å². The molecule has 11 heteroatoms. The highest BCUT2D eigenvalue weighted by Crippen LogP contribution is 2.27. The molecule has 2 aliphatic rings. The zero-order valence-electron chi connectivity index (χ0n) is 11.9. The Morgan fingerprint density at radius 3 is 2.04 bits per heavy atom. The normalized spacial score (nSPS) is 48.1. The molecule has 0 aromatic rings. The zero-order valence-corrected chi connectivity index (χ0v) is 11.9. The molecule has 23 heavy (non-hydrogen) atoms. The first-order valence-electron chi connectivity index (χ1n) is 6.95. The lowest BCUT2D eigenvalue weighted by Crippen LogP contribution is -2.63. The predicted molar refractivity (Wildman–Crippen MR) is 67.6 cm³/mol. The minimum atomic E-state index is -1.92. The Kier molecular flexibility index (Phi) is 5.89. The average Bonchev–Trinajstić information content (AvgIpc) is 2.55. The van der Waals surface area contributed by atoms with Gasteiger partial charge in [-0.25, -0.2) is 4.79 Å². The van der Waals surface area contributed by atoms with Crippen LogP contribution in [0.15, 0.2) is 0 Å². The summed E-state index contributed by atoms with van der Waals surface area (Å²) in [6.07, 6.45) is -14.4. The van der Waals surface area contributed by atoms with E-state index >= 15 is 0 Å². The molecule has 0 amide bonds. The summed E-state index contributed by atoms with van der Waals surface area (Å²) in [5, 5.41) is 66.8. The summed E-state index contributed by atoms with van der Waals surface area (Å²) in [6, 6.07) is 0. The van der Waals surface area contributed by atoms with Crippen LogP contribution in [0.3, 0.4) is 0 Å². The Balaban J connectivity index is 2.13. The van der Waals surface area contributed by atoms with Crippen molar-refractivity contribution in [3.8, 4) is 0 Å². The molecule has 0 aromatic heterocycles. The first kappa shape index (κ1) is 18.4. The molecule has 2 heterocycles. The van der Waals surface area contributed by atoms with Gasteiger partial charge < -0.3 is 50.0 Å². The van der Waals surface area contributed by atoms with E-state index in [2.05, 4.69) is 4.74 Å². The summed E-state index contributed by atoms with van der Waals surface area (Å²) in [4.78, 5) is 11.3. The lowest BCUT2D eigenvalue weighted by molar-refractivity contribution is -0.331. The summed E-state index contributed by atoms with van der Waals surface area (Å²) >= 11 is 0. The van der Waals surface area contributed by atoms with Gasteiger partial charge in [0.25, 0.3) is 0 Å². The second kappa shape index (κ2) is 7.34. The summed E-state index contributed by atoms with van der Waals surface area (Å²) in [5.41, 5.74) is 0. The van der Waals surface area contributed by atoms with Crippen molar-refractivity contribution in [2.24, 2.45) is 0 Å². The maximum Gasteiger partial charge on any atom is 0.338 e. The highest BCUT2D eigenvalue weighted by Gasteiger charge is 2.50. The molecule has 0 saturated carbocycles. The van der Waals surface area contributed by atoms with Crippen LogP contribution in [0.5, 0.6) is 0 Å². The molecule has 0 spiro atoms. The van der Waals surface area contributed by atoms with Crippen molar-refractivity contribution < 1.29 is 54.8 Å². The van der Waals surface area contributed by atoms with Gasteiger partial charge in [0, 0.05) is 0 Å². The number of aliphatic hydroxyl groups is 7. The highest BCUT2D eigenvalue weighted by atomic mass is 16.7. The number of carbonyl (C=O) groups excluding carboxylic acids is 1. The smallest absolute Gasteiger partial charge is 0.338 e. The predicted octanol–water partition coefficient (Wildman–Crippen LogP) is -5.19. The number of carbonyl (C=O) groups is 1. The fourth-order valence-corrected chi connectivity index (χ4v) is 2.47. The van der Waals surface area contributed by atoms with E-state index in [1.54, 1.807) is 0 Å². The number of rotatable bonds is 4. The van der Waals surface area contributed by atoms with Crippen LogP contribution in [0.2, 0.25) is 0 Å². The molecular weight excluding hydrogens is 320 g/mol. The number of esters is 1. The van der Waals surface area contributed by atoms with E-state index in [1.807, 2.05) is 0 Å². The van der Waals surface area contributed by atoms with Gasteiger partial charge in [-0.1, -0.05) is 0 Å². The maximum absolute atomic E-state index is 11.3. The minimum Gasteiger partial charge on any atom is -0.455 e. The fourth-order valence-electron chi connectivity index (χ4n) is 2.47. The van der Waals surface area contributed by atoms with Crippen LogP contribution in [-0.2, 0) is 19.0 Å². The van der Waals surface area contributed by atoms with E-state index < -0.39 is 74.3 Å². The molecule has 0 bridgehead atoms. The molecule has 0 radical (unpaired) electrons. The Morgan fingerprint density at radius 2 is 1.48 bits per heavy atom. The lowest BCUT2D eigenvalue weighted by Gasteiger charge is -2.43. The zero-order chi connectivity index (χ0) is 17.3. The van der Waals surface area contributed by atoms with Gasteiger partial charge in [0.05, 0.1) is 13.2 Å². The molecule has 2 aliphatic heterocycles. The molecule has 2 fully saturated rings. The van der Waals surface area contributed by atoms with E-state index in [9.17, 15) is 35.4 Å². The van der Waals surface area contributed by atoms with E-state index in [4.69, 9.17) is 14.6 Å². The number of aliphatic hydroxyl groups excluding tert-OH is 7.